The summed E-state index contributed by atoms with van der Waals surface area (Å²) in [5.41, 5.74) is 7.92. The summed E-state index contributed by atoms with van der Waals surface area (Å²) in [6.07, 6.45) is 6.18. The third-order valence-electron chi connectivity index (χ3n) is 2.93. The zero-order valence-electron chi connectivity index (χ0n) is 11.8. The van der Waals surface area contributed by atoms with Gasteiger partial charge in [0.25, 0.3) is 0 Å². The molecule has 0 aliphatic rings. The van der Waals surface area contributed by atoms with E-state index >= 15 is 0 Å². The van der Waals surface area contributed by atoms with Gasteiger partial charge < -0.3 is 5.73 Å². The van der Waals surface area contributed by atoms with Crippen LogP contribution in [0.25, 0.3) is 5.69 Å². The fourth-order valence-electron chi connectivity index (χ4n) is 2.05. The molecule has 1 unspecified atom stereocenters. The first-order valence-electron chi connectivity index (χ1n) is 6.78. The van der Waals surface area contributed by atoms with E-state index in [1.807, 2.05) is 24.0 Å². The highest BCUT2D eigenvalue weighted by Gasteiger charge is 2.10. The first-order chi connectivity index (χ1) is 9.13. The maximum atomic E-state index is 5.83. The first-order valence-corrected chi connectivity index (χ1v) is 6.78. The van der Waals surface area contributed by atoms with Crippen molar-refractivity contribution < 1.29 is 0 Å². The van der Waals surface area contributed by atoms with Gasteiger partial charge in [0, 0.05) is 25.1 Å². The summed E-state index contributed by atoms with van der Waals surface area (Å²) < 4.78 is 1.89. The number of pyridine rings is 1. The Labute approximate surface area is 113 Å². The van der Waals surface area contributed by atoms with E-state index in [-0.39, 0.29) is 6.04 Å². The lowest BCUT2D eigenvalue weighted by Gasteiger charge is -2.08. The Morgan fingerprint density at radius 2 is 2.05 bits per heavy atom. The van der Waals surface area contributed by atoms with Crippen LogP contribution in [0.5, 0.6) is 0 Å². The lowest BCUT2D eigenvalue weighted by atomic mass is 10.1. The molecule has 0 fully saturated rings. The number of nitrogens with zero attached hydrogens (tertiary/aromatic N) is 4. The Hall–Kier alpha value is -1.75. The molecular formula is C14H21N5. The number of hydrogen-bond donors (Lipinski definition) is 1. The van der Waals surface area contributed by atoms with Crippen molar-refractivity contribution in [2.75, 3.05) is 0 Å². The molecule has 0 aromatic carbocycles. The molecule has 5 nitrogen and oxygen atoms in total. The SMILES string of the molecule is CCc1nc(CC)n(-c2cncc(CC(C)N)c2)n1. The highest BCUT2D eigenvalue weighted by atomic mass is 15.4. The summed E-state index contributed by atoms with van der Waals surface area (Å²) >= 11 is 0. The van der Waals surface area contributed by atoms with Gasteiger partial charge in [0.1, 0.15) is 5.82 Å². The van der Waals surface area contributed by atoms with E-state index in [4.69, 9.17) is 5.73 Å². The molecule has 0 radical (unpaired) electrons. The van der Waals surface area contributed by atoms with Gasteiger partial charge in [0.2, 0.25) is 0 Å². The maximum Gasteiger partial charge on any atom is 0.151 e. The molecule has 2 N–H and O–H groups in total. The van der Waals surface area contributed by atoms with Crippen LogP contribution in [0.1, 0.15) is 38.0 Å². The molecule has 5 heteroatoms. The van der Waals surface area contributed by atoms with Crippen molar-refractivity contribution in [1.82, 2.24) is 19.7 Å². The van der Waals surface area contributed by atoms with Crippen molar-refractivity contribution in [3.05, 3.63) is 35.7 Å². The highest BCUT2D eigenvalue weighted by Crippen LogP contribution is 2.12. The van der Waals surface area contributed by atoms with E-state index in [9.17, 15) is 0 Å². The summed E-state index contributed by atoms with van der Waals surface area (Å²) in [4.78, 5) is 8.79. The van der Waals surface area contributed by atoms with Crippen LogP contribution >= 0.6 is 0 Å². The number of aromatic nitrogens is 4. The van der Waals surface area contributed by atoms with Crippen molar-refractivity contribution in [2.45, 2.75) is 46.1 Å². The van der Waals surface area contributed by atoms with Gasteiger partial charge >= 0.3 is 0 Å². The van der Waals surface area contributed by atoms with Crippen LogP contribution in [0.15, 0.2) is 18.5 Å². The van der Waals surface area contributed by atoms with Crippen LogP contribution in [-0.4, -0.2) is 25.8 Å². The van der Waals surface area contributed by atoms with E-state index in [1.54, 1.807) is 0 Å². The minimum atomic E-state index is 0.129. The second-order valence-electron chi connectivity index (χ2n) is 4.80. The smallest absolute Gasteiger partial charge is 0.151 e. The standard InChI is InChI=1S/C14H21N5/c1-4-13-17-14(5-2)19(18-13)12-7-11(6-10(3)15)8-16-9-12/h7-10H,4-6,15H2,1-3H3. The number of rotatable bonds is 5. The zero-order valence-corrected chi connectivity index (χ0v) is 11.8. The van der Waals surface area contributed by atoms with E-state index in [0.717, 1.165) is 42.2 Å². The van der Waals surface area contributed by atoms with Gasteiger partial charge in [-0.3, -0.25) is 4.98 Å². The average Bonchev–Trinajstić information content (AvgIpc) is 2.81. The van der Waals surface area contributed by atoms with Gasteiger partial charge in [-0.05, 0) is 25.0 Å². The third kappa shape index (κ3) is 3.17. The molecular weight excluding hydrogens is 238 g/mol. The van der Waals surface area contributed by atoms with Crippen LogP contribution in [0.4, 0.5) is 0 Å². The first kappa shape index (κ1) is 13.7. The zero-order chi connectivity index (χ0) is 13.8. The van der Waals surface area contributed by atoms with E-state index < -0.39 is 0 Å². The van der Waals surface area contributed by atoms with E-state index in [0.29, 0.717) is 0 Å². The Morgan fingerprint density at radius 3 is 2.68 bits per heavy atom. The third-order valence-corrected chi connectivity index (χ3v) is 2.93. The molecule has 0 aliphatic carbocycles. The molecule has 2 heterocycles. The van der Waals surface area contributed by atoms with Crippen LogP contribution < -0.4 is 5.73 Å². The summed E-state index contributed by atoms with van der Waals surface area (Å²) in [6, 6.07) is 2.22. The summed E-state index contributed by atoms with van der Waals surface area (Å²) in [5.74, 6) is 1.84. The molecule has 0 saturated carbocycles. The molecule has 0 saturated heterocycles. The second-order valence-corrected chi connectivity index (χ2v) is 4.80. The van der Waals surface area contributed by atoms with Gasteiger partial charge in [-0.25, -0.2) is 9.67 Å². The van der Waals surface area contributed by atoms with Gasteiger partial charge in [-0.2, -0.15) is 5.10 Å². The topological polar surface area (TPSA) is 69.6 Å². The molecule has 0 bridgehead atoms. The lowest BCUT2D eigenvalue weighted by Crippen LogP contribution is -2.18. The van der Waals surface area contributed by atoms with Crippen LogP contribution in [0.2, 0.25) is 0 Å². The monoisotopic (exact) mass is 259 g/mol. The van der Waals surface area contributed by atoms with E-state index in [1.165, 1.54) is 0 Å². The van der Waals surface area contributed by atoms with Crippen molar-refractivity contribution in [1.29, 1.82) is 0 Å². The summed E-state index contributed by atoms with van der Waals surface area (Å²) in [7, 11) is 0. The normalized spacial score (nSPS) is 12.6. The van der Waals surface area contributed by atoms with Crippen LogP contribution in [0.3, 0.4) is 0 Å². The molecule has 1 atom stereocenters. The molecule has 0 amide bonds. The lowest BCUT2D eigenvalue weighted by molar-refractivity contribution is 0.730. The highest BCUT2D eigenvalue weighted by molar-refractivity contribution is 5.32. The Bertz CT molecular complexity index is 545. The van der Waals surface area contributed by atoms with Gasteiger partial charge in [-0.1, -0.05) is 13.8 Å². The fourth-order valence-corrected chi connectivity index (χ4v) is 2.05. The van der Waals surface area contributed by atoms with Gasteiger partial charge in [0.05, 0.1) is 11.9 Å². The van der Waals surface area contributed by atoms with Gasteiger partial charge in [0.15, 0.2) is 5.82 Å². The van der Waals surface area contributed by atoms with Crippen molar-refractivity contribution in [3.63, 3.8) is 0 Å². The molecule has 102 valence electrons. The van der Waals surface area contributed by atoms with Crippen molar-refractivity contribution >= 4 is 0 Å². The Balaban J connectivity index is 2.38. The predicted octanol–water partition coefficient (Wildman–Crippen LogP) is 1.68. The average molecular weight is 259 g/mol. The summed E-state index contributed by atoms with van der Waals surface area (Å²) in [5, 5.41) is 4.52. The van der Waals surface area contributed by atoms with Crippen molar-refractivity contribution in [3.8, 4) is 5.69 Å². The second kappa shape index (κ2) is 5.93. The summed E-state index contributed by atoms with van der Waals surface area (Å²) in [6.45, 7) is 6.14. The van der Waals surface area contributed by atoms with E-state index in [2.05, 4.69) is 35.0 Å². The molecule has 2 rings (SSSR count). The molecule has 2 aromatic heterocycles. The van der Waals surface area contributed by atoms with Crippen LogP contribution in [-0.2, 0) is 19.3 Å². The molecule has 0 spiro atoms. The molecule has 19 heavy (non-hydrogen) atoms. The number of nitrogens with two attached hydrogens (primary N) is 1. The Kier molecular flexibility index (Phi) is 4.27. The number of aryl methyl sites for hydroxylation is 2. The minimum absolute atomic E-state index is 0.129. The number of hydrogen-bond acceptors (Lipinski definition) is 4. The molecule has 2 aromatic rings. The van der Waals surface area contributed by atoms with Gasteiger partial charge in [-0.15, -0.1) is 0 Å². The minimum Gasteiger partial charge on any atom is -0.328 e. The largest absolute Gasteiger partial charge is 0.328 e. The Morgan fingerprint density at radius 1 is 1.26 bits per heavy atom. The fraction of sp³-hybridized carbons (Fsp3) is 0.500. The van der Waals surface area contributed by atoms with Crippen molar-refractivity contribution in [2.24, 2.45) is 5.73 Å². The quantitative estimate of drug-likeness (QED) is 0.887. The predicted molar refractivity (Wildman–Crippen MR) is 75.3 cm³/mol. The maximum absolute atomic E-state index is 5.83. The molecule has 0 aliphatic heterocycles. The van der Waals surface area contributed by atoms with Crippen LogP contribution in [0, 0.1) is 0 Å².